The molecule has 0 unspecified atom stereocenters. The Hall–Kier alpha value is -2.09. The van der Waals surface area contributed by atoms with Crippen molar-refractivity contribution in [2.45, 2.75) is 32.2 Å². The largest absolute Gasteiger partial charge is 0.497 e. The van der Waals surface area contributed by atoms with Gasteiger partial charge in [-0.2, -0.15) is 23.3 Å². The number of aliphatic hydroxyl groups is 1. The SMILES string of the molecule is COc1cccc(C2=NN(C(=O)C(C)C)[C@](O)(C(F)(F)F)C2)c1. The molecule has 1 N–H and O–H groups in total. The monoisotopic (exact) mass is 330 g/mol. The lowest BCUT2D eigenvalue weighted by atomic mass is 10.00. The average Bonchev–Trinajstić information content (AvgIpc) is 2.85. The quantitative estimate of drug-likeness (QED) is 0.926. The second kappa shape index (κ2) is 5.84. The molecule has 0 saturated carbocycles. The third kappa shape index (κ3) is 3.03. The number of nitrogens with zero attached hydrogens (tertiary/aromatic N) is 2. The van der Waals surface area contributed by atoms with Crippen LogP contribution in [0, 0.1) is 5.92 Å². The Morgan fingerprint density at radius 1 is 1.43 bits per heavy atom. The molecule has 0 saturated heterocycles. The van der Waals surface area contributed by atoms with Gasteiger partial charge in [0, 0.05) is 11.5 Å². The van der Waals surface area contributed by atoms with Crippen molar-refractivity contribution in [2.75, 3.05) is 7.11 Å². The first-order valence-corrected chi connectivity index (χ1v) is 6.95. The van der Waals surface area contributed by atoms with Crippen molar-refractivity contribution in [3.8, 4) is 5.75 Å². The molecule has 5 nitrogen and oxygen atoms in total. The molecular formula is C15H17F3N2O3. The molecule has 126 valence electrons. The van der Waals surface area contributed by atoms with Crippen LogP contribution in [0.25, 0.3) is 0 Å². The number of hydrogen-bond acceptors (Lipinski definition) is 4. The molecule has 1 atom stereocenters. The van der Waals surface area contributed by atoms with Crippen molar-refractivity contribution in [3.05, 3.63) is 29.8 Å². The molecule has 0 radical (unpaired) electrons. The summed E-state index contributed by atoms with van der Waals surface area (Å²) in [5.74, 6) is -1.20. The maximum absolute atomic E-state index is 13.3. The second-order valence-electron chi connectivity index (χ2n) is 5.57. The highest BCUT2D eigenvalue weighted by atomic mass is 19.4. The Bertz CT molecular complexity index is 643. The summed E-state index contributed by atoms with van der Waals surface area (Å²) in [6.45, 7) is 2.89. The number of benzene rings is 1. The number of hydrogen-bond donors (Lipinski definition) is 1. The van der Waals surface area contributed by atoms with Gasteiger partial charge >= 0.3 is 6.18 Å². The molecule has 1 amide bonds. The predicted molar refractivity (Wildman–Crippen MR) is 76.8 cm³/mol. The van der Waals surface area contributed by atoms with Gasteiger partial charge < -0.3 is 9.84 Å². The van der Waals surface area contributed by atoms with Crippen LogP contribution in [0.3, 0.4) is 0 Å². The van der Waals surface area contributed by atoms with Crippen LogP contribution in [-0.2, 0) is 4.79 Å². The molecule has 1 aliphatic heterocycles. The molecule has 0 fully saturated rings. The number of rotatable bonds is 3. The normalized spacial score (nSPS) is 21.6. The summed E-state index contributed by atoms with van der Waals surface area (Å²) in [5, 5.41) is 14.0. The van der Waals surface area contributed by atoms with Crippen molar-refractivity contribution < 1.29 is 27.8 Å². The number of carbonyl (C=O) groups excluding carboxylic acids is 1. The summed E-state index contributed by atoms with van der Waals surface area (Å²) in [5.41, 5.74) is -3.02. The maximum Gasteiger partial charge on any atom is 0.438 e. The van der Waals surface area contributed by atoms with E-state index in [2.05, 4.69) is 5.10 Å². The molecule has 23 heavy (non-hydrogen) atoms. The number of ether oxygens (including phenoxy) is 1. The molecule has 1 aromatic carbocycles. The van der Waals surface area contributed by atoms with E-state index < -0.39 is 30.1 Å². The van der Waals surface area contributed by atoms with Gasteiger partial charge in [-0.05, 0) is 12.1 Å². The molecule has 1 aliphatic rings. The Kier molecular flexibility index (Phi) is 4.39. The minimum atomic E-state index is -5.03. The molecule has 2 rings (SSSR count). The van der Waals surface area contributed by atoms with Gasteiger partial charge in [0.25, 0.3) is 5.72 Å². The molecule has 1 heterocycles. The molecule has 8 heteroatoms. The Labute approximate surface area is 131 Å². The third-order valence-electron chi connectivity index (χ3n) is 3.54. The highest BCUT2D eigenvalue weighted by Gasteiger charge is 2.63. The molecule has 0 aliphatic carbocycles. The number of alkyl halides is 3. The van der Waals surface area contributed by atoms with E-state index in [1.807, 2.05) is 0 Å². The summed E-state index contributed by atoms with van der Waals surface area (Å²) in [4.78, 5) is 12.0. The van der Waals surface area contributed by atoms with Crippen molar-refractivity contribution in [1.82, 2.24) is 5.01 Å². The smallest absolute Gasteiger partial charge is 0.438 e. The van der Waals surface area contributed by atoms with Gasteiger partial charge in [0.15, 0.2) is 0 Å². The van der Waals surface area contributed by atoms with Gasteiger partial charge in [0.05, 0.1) is 19.2 Å². The topological polar surface area (TPSA) is 62.1 Å². The molecule has 0 aromatic heterocycles. The number of halogens is 3. The summed E-state index contributed by atoms with van der Waals surface area (Å²) in [7, 11) is 1.43. The lowest BCUT2D eigenvalue weighted by Gasteiger charge is -2.33. The fourth-order valence-corrected chi connectivity index (χ4v) is 2.21. The maximum atomic E-state index is 13.3. The van der Waals surface area contributed by atoms with Crippen molar-refractivity contribution in [3.63, 3.8) is 0 Å². The van der Waals surface area contributed by atoms with Gasteiger partial charge in [-0.3, -0.25) is 4.79 Å². The lowest BCUT2D eigenvalue weighted by molar-refractivity contribution is -0.303. The van der Waals surface area contributed by atoms with E-state index in [9.17, 15) is 23.1 Å². The van der Waals surface area contributed by atoms with Crippen LogP contribution in [0.5, 0.6) is 5.75 Å². The Morgan fingerprint density at radius 3 is 2.61 bits per heavy atom. The van der Waals surface area contributed by atoms with E-state index in [0.29, 0.717) is 11.3 Å². The Morgan fingerprint density at radius 2 is 2.09 bits per heavy atom. The van der Waals surface area contributed by atoms with Crippen LogP contribution >= 0.6 is 0 Å². The molecular weight excluding hydrogens is 313 g/mol. The minimum Gasteiger partial charge on any atom is -0.497 e. The van der Waals surface area contributed by atoms with Crippen LogP contribution in [0.2, 0.25) is 0 Å². The van der Waals surface area contributed by atoms with E-state index in [1.54, 1.807) is 18.2 Å². The minimum absolute atomic E-state index is 0.0299. The fourth-order valence-electron chi connectivity index (χ4n) is 2.21. The zero-order valence-corrected chi connectivity index (χ0v) is 12.9. The number of carbonyl (C=O) groups is 1. The summed E-state index contributed by atoms with van der Waals surface area (Å²) in [6.07, 6.45) is -5.86. The van der Waals surface area contributed by atoms with Gasteiger partial charge in [0.1, 0.15) is 5.75 Å². The zero-order chi connectivity index (χ0) is 17.4. The van der Waals surface area contributed by atoms with Crippen LogP contribution in [0.4, 0.5) is 13.2 Å². The first-order valence-electron chi connectivity index (χ1n) is 6.95. The van der Waals surface area contributed by atoms with Crippen molar-refractivity contribution in [1.29, 1.82) is 0 Å². The van der Waals surface area contributed by atoms with Crippen molar-refractivity contribution in [2.24, 2.45) is 11.0 Å². The van der Waals surface area contributed by atoms with Crippen LogP contribution in [-0.4, -0.2) is 40.7 Å². The number of hydrazone groups is 1. The van der Waals surface area contributed by atoms with E-state index >= 15 is 0 Å². The molecule has 1 aromatic rings. The third-order valence-corrected chi connectivity index (χ3v) is 3.54. The van der Waals surface area contributed by atoms with Crippen molar-refractivity contribution >= 4 is 11.6 Å². The lowest BCUT2D eigenvalue weighted by Crippen LogP contribution is -2.57. The summed E-state index contributed by atoms with van der Waals surface area (Å²) in [6, 6.07) is 6.27. The van der Waals surface area contributed by atoms with Crippen LogP contribution < -0.4 is 4.74 Å². The number of amides is 1. The van der Waals surface area contributed by atoms with Gasteiger partial charge in [-0.1, -0.05) is 26.0 Å². The average molecular weight is 330 g/mol. The van der Waals surface area contributed by atoms with Gasteiger partial charge in [-0.15, -0.1) is 0 Å². The summed E-state index contributed by atoms with van der Waals surface area (Å²) >= 11 is 0. The second-order valence-corrected chi connectivity index (χ2v) is 5.57. The first-order chi connectivity index (χ1) is 10.6. The number of methoxy groups -OCH3 is 1. The van der Waals surface area contributed by atoms with E-state index in [0.717, 1.165) is 0 Å². The standard InChI is InChI=1S/C15H17F3N2O3/c1-9(2)13(21)20-14(22,15(16,17)18)8-12(19-20)10-5-4-6-11(7-10)23-3/h4-7,9,22H,8H2,1-3H3/t14-/m1/s1. The summed E-state index contributed by atoms with van der Waals surface area (Å²) < 4.78 is 45.0. The van der Waals surface area contributed by atoms with E-state index in [4.69, 9.17) is 4.74 Å². The molecule has 0 bridgehead atoms. The zero-order valence-electron chi connectivity index (χ0n) is 12.9. The molecule has 0 spiro atoms. The highest BCUT2D eigenvalue weighted by molar-refractivity contribution is 6.03. The van der Waals surface area contributed by atoms with Gasteiger partial charge in [0.2, 0.25) is 5.91 Å². The van der Waals surface area contributed by atoms with Crippen LogP contribution in [0.15, 0.2) is 29.4 Å². The first kappa shape index (κ1) is 17.3. The highest BCUT2D eigenvalue weighted by Crippen LogP contribution is 2.42. The van der Waals surface area contributed by atoms with E-state index in [1.165, 1.54) is 27.0 Å². The van der Waals surface area contributed by atoms with Gasteiger partial charge in [-0.25, -0.2) is 0 Å². The van der Waals surface area contributed by atoms with Crippen LogP contribution in [0.1, 0.15) is 25.8 Å². The fraction of sp³-hybridized carbons (Fsp3) is 0.467. The Balaban J connectivity index is 2.47. The van der Waals surface area contributed by atoms with E-state index in [-0.39, 0.29) is 10.7 Å². The predicted octanol–water partition coefficient (Wildman–Crippen LogP) is 2.54.